The molecule has 0 atom stereocenters. The quantitative estimate of drug-likeness (QED) is 0.393. The summed E-state index contributed by atoms with van der Waals surface area (Å²) in [6.07, 6.45) is 0. The number of aryl methyl sites for hydroxylation is 1. The van der Waals surface area contributed by atoms with Crippen molar-refractivity contribution in [3.05, 3.63) is 34.9 Å². The number of hydrogen-bond donors (Lipinski definition) is 4. The van der Waals surface area contributed by atoms with Crippen LogP contribution in [0, 0.1) is 6.92 Å². The molecule has 1 aromatic carbocycles. The van der Waals surface area contributed by atoms with Crippen LogP contribution in [-0.4, -0.2) is 10.5 Å². The number of carbonyl (C=O) groups is 2. The first-order valence-electron chi connectivity index (χ1n) is 3.94. The smallest absolute Gasteiger partial charge is 1.00 e. The molecule has 2 amide bonds. The second-order valence-corrected chi connectivity index (χ2v) is 3.79. The minimum Gasteiger partial charge on any atom is -1.00 e. The number of halogens is 1. The van der Waals surface area contributed by atoms with E-state index in [1.54, 1.807) is 0 Å². The molecule has 0 aliphatic rings. The fraction of sp³-hybridized carbons (Fsp3) is 0.111. The maximum Gasteiger partial charge on any atom is 1.00 e. The summed E-state index contributed by atoms with van der Waals surface area (Å²) in [5.74, 6) is 0. The molecule has 0 aromatic heterocycles. The number of benzene rings is 1. The molecule has 0 bridgehead atoms. The van der Waals surface area contributed by atoms with Gasteiger partial charge < -0.3 is 12.9 Å². The summed E-state index contributed by atoms with van der Waals surface area (Å²) >= 11 is 11.9. The molecule has 4 nitrogen and oxygen atoms in total. The monoisotopic (exact) mass is 320 g/mol. The molecule has 0 spiro atoms. The molecule has 8 heteroatoms. The first kappa shape index (κ1) is 22.9. The minimum atomic E-state index is -0.639. The van der Waals surface area contributed by atoms with E-state index in [-0.39, 0.29) is 52.8 Å². The molecule has 0 fully saturated rings. The standard InChI is InChI=1S/C7H7Cl.2CH3NOS.K.H/c1-6-3-2-4-7(8)5-6;2*2-1(3)4;;/h2-5H,1H3;2*(H3,2,3,4);;/q;;;+1;-1. The molecule has 0 aliphatic carbocycles. The predicted octanol–water partition coefficient (Wildman–Crippen LogP) is -0.245. The van der Waals surface area contributed by atoms with Gasteiger partial charge >= 0.3 is 51.4 Å². The van der Waals surface area contributed by atoms with Gasteiger partial charge in [-0.3, -0.25) is 9.59 Å². The zero-order valence-corrected chi connectivity index (χ0v) is 15.2. The van der Waals surface area contributed by atoms with E-state index in [9.17, 15) is 0 Å². The van der Waals surface area contributed by atoms with Crippen molar-refractivity contribution in [2.45, 2.75) is 6.92 Å². The van der Waals surface area contributed by atoms with Crippen LogP contribution in [0.2, 0.25) is 5.02 Å². The van der Waals surface area contributed by atoms with Gasteiger partial charge in [0, 0.05) is 5.02 Å². The van der Waals surface area contributed by atoms with Crippen LogP contribution in [0.15, 0.2) is 24.3 Å². The van der Waals surface area contributed by atoms with E-state index in [2.05, 4.69) is 36.7 Å². The van der Waals surface area contributed by atoms with Gasteiger partial charge in [-0.1, -0.05) is 49.0 Å². The molecule has 4 N–H and O–H groups in total. The zero-order chi connectivity index (χ0) is 13.1. The van der Waals surface area contributed by atoms with Crippen molar-refractivity contribution in [1.82, 2.24) is 0 Å². The van der Waals surface area contributed by atoms with Crippen molar-refractivity contribution >= 4 is 47.3 Å². The van der Waals surface area contributed by atoms with Gasteiger partial charge in [0.15, 0.2) is 0 Å². The molecule has 0 radical (unpaired) electrons. The van der Waals surface area contributed by atoms with Crippen LogP contribution in [0.1, 0.15) is 6.99 Å². The third-order valence-corrected chi connectivity index (χ3v) is 1.22. The third kappa shape index (κ3) is 31.5. The maximum absolute atomic E-state index is 9.09. The molecule has 0 saturated heterocycles. The molecule has 0 aliphatic heterocycles. The summed E-state index contributed by atoms with van der Waals surface area (Å²) in [6, 6.07) is 7.76. The molecule has 0 unspecified atom stereocenters. The van der Waals surface area contributed by atoms with Crippen molar-refractivity contribution in [1.29, 1.82) is 0 Å². The largest absolute Gasteiger partial charge is 1.00 e. The summed E-state index contributed by atoms with van der Waals surface area (Å²) in [4.78, 5) is 18.2. The number of carbonyl (C=O) groups excluding carboxylic acids is 2. The second kappa shape index (κ2) is 14.8. The zero-order valence-electron chi connectivity index (χ0n) is 10.6. The van der Waals surface area contributed by atoms with Gasteiger partial charge in [-0.15, -0.1) is 0 Å². The average molecular weight is 321 g/mol. The number of rotatable bonds is 0. The number of amides is 2. The van der Waals surface area contributed by atoms with E-state index < -0.39 is 10.5 Å². The molecule has 1 aromatic rings. The van der Waals surface area contributed by atoms with E-state index in [4.69, 9.17) is 21.2 Å². The third-order valence-electron chi connectivity index (χ3n) is 0.980. The topological polar surface area (TPSA) is 86.2 Å². The van der Waals surface area contributed by atoms with Crippen LogP contribution in [0.3, 0.4) is 0 Å². The Hall–Kier alpha value is 0.786. The van der Waals surface area contributed by atoms with Crippen LogP contribution in [0.5, 0.6) is 0 Å². The van der Waals surface area contributed by atoms with Crippen LogP contribution in [0.4, 0.5) is 9.59 Å². The van der Waals surface area contributed by atoms with Gasteiger partial charge in [0.2, 0.25) is 0 Å². The van der Waals surface area contributed by atoms with Crippen molar-refractivity contribution in [2.75, 3.05) is 0 Å². The predicted molar refractivity (Wildman–Crippen MR) is 74.4 cm³/mol. The Labute approximate surface area is 161 Å². The number of primary amides is 2. The Morgan fingerprint density at radius 3 is 1.76 bits per heavy atom. The van der Waals surface area contributed by atoms with Crippen molar-refractivity contribution in [2.24, 2.45) is 11.5 Å². The Balaban J connectivity index is -0.0000000860. The van der Waals surface area contributed by atoms with E-state index >= 15 is 0 Å². The Morgan fingerprint density at radius 2 is 1.59 bits per heavy atom. The van der Waals surface area contributed by atoms with E-state index in [0.717, 1.165) is 5.02 Å². The fourth-order valence-electron chi connectivity index (χ4n) is 0.606. The average Bonchev–Trinajstić information content (AvgIpc) is 2.00. The van der Waals surface area contributed by atoms with Crippen LogP contribution in [0.25, 0.3) is 0 Å². The molecule has 1 rings (SSSR count). The fourth-order valence-corrected chi connectivity index (χ4v) is 0.850. The molecule has 17 heavy (non-hydrogen) atoms. The Kier molecular flexibility index (Phi) is 20.0. The minimum absolute atomic E-state index is 0. The Bertz CT molecular complexity index is 322. The second-order valence-electron chi connectivity index (χ2n) is 2.48. The van der Waals surface area contributed by atoms with Crippen molar-refractivity contribution < 1.29 is 62.4 Å². The summed E-state index contributed by atoms with van der Waals surface area (Å²) in [7, 11) is 0. The van der Waals surface area contributed by atoms with E-state index in [1.165, 1.54) is 5.56 Å². The summed E-state index contributed by atoms with van der Waals surface area (Å²) in [5.41, 5.74) is 9.88. The Morgan fingerprint density at radius 1 is 1.24 bits per heavy atom. The van der Waals surface area contributed by atoms with Gasteiger partial charge in [-0.2, -0.15) is 0 Å². The van der Waals surface area contributed by atoms with E-state index in [1.807, 2.05) is 31.2 Å². The molecule has 92 valence electrons. The summed E-state index contributed by atoms with van der Waals surface area (Å²) in [6.45, 7) is 2.02. The first-order chi connectivity index (χ1) is 7.25. The maximum atomic E-state index is 9.09. The van der Waals surface area contributed by atoms with Gasteiger partial charge in [0.25, 0.3) is 10.5 Å². The molecular formula is C9H14ClKN2O2S2. The van der Waals surface area contributed by atoms with Crippen LogP contribution >= 0.6 is 36.9 Å². The van der Waals surface area contributed by atoms with Crippen molar-refractivity contribution in [3.63, 3.8) is 0 Å². The molecular weight excluding hydrogens is 307 g/mol. The van der Waals surface area contributed by atoms with Crippen molar-refractivity contribution in [3.8, 4) is 0 Å². The number of nitrogens with two attached hydrogens (primary N) is 2. The molecule has 0 heterocycles. The van der Waals surface area contributed by atoms with Crippen LogP contribution < -0.4 is 62.9 Å². The summed E-state index contributed by atoms with van der Waals surface area (Å²) < 4.78 is 0. The van der Waals surface area contributed by atoms with E-state index in [0.29, 0.717) is 0 Å². The molecule has 0 saturated carbocycles. The number of thiol groups is 2. The van der Waals surface area contributed by atoms with Gasteiger partial charge in [0.05, 0.1) is 0 Å². The van der Waals surface area contributed by atoms with Gasteiger partial charge in [-0.25, -0.2) is 0 Å². The summed E-state index contributed by atoms with van der Waals surface area (Å²) in [5, 5.41) is -0.468. The SMILES string of the molecule is Cc1cccc(Cl)c1.NC(=O)S.NC(=O)S.[H-].[K+]. The number of hydrogen-bond acceptors (Lipinski definition) is 2. The normalized spacial score (nSPS) is 7.29. The first-order valence-corrected chi connectivity index (χ1v) is 5.22. The van der Waals surface area contributed by atoms with Crippen LogP contribution in [-0.2, 0) is 0 Å². The van der Waals surface area contributed by atoms with Gasteiger partial charge in [-0.05, 0) is 24.6 Å². The van der Waals surface area contributed by atoms with Gasteiger partial charge in [0.1, 0.15) is 0 Å².